The van der Waals surface area contributed by atoms with E-state index in [2.05, 4.69) is 41.0 Å². The van der Waals surface area contributed by atoms with E-state index in [1.165, 1.54) is 37.1 Å². The Labute approximate surface area is 128 Å². The zero-order chi connectivity index (χ0) is 14.7. The first-order valence-corrected chi connectivity index (χ1v) is 8.38. The summed E-state index contributed by atoms with van der Waals surface area (Å²) >= 11 is 0. The Morgan fingerprint density at radius 1 is 1.19 bits per heavy atom. The molecule has 116 valence electrons. The van der Waals surface area contributed by atoms with E-state index in [1.54, 1.807) is 0 Å². The number of rotatable bonds is 6. The molecule has 2 aliphatic rings. The number of piperazine rings is 1. The van der Waals surface area contributed by atoms with Crippen molar-refractivity contribution < 1.29 is 5.11 Å². The lowest BCUT2D eigenvalue weighted by atomic mass is 10.0. The van der Waals surface area contributed by atoms with Gasteiger partial charge < -0.3 is 10.0 Å². The highest BCUT2D eigenvalue weighted by atomic mass is 16.3. The average Bonchev–Trinajstić information content (AvgIpc) is 3.28. The molecule has 1 aliphatic carbocycles. The predicted octanol–water partition coefficient (Wildman–Crippen LogP) is 2.27. The second-order valence-electron chi connectivity index (χ2n) is 6.77. The maximum atomic E-state index is 9.39. The Hall–Kier alpha value is -0.900. The van der Waals surface area contributed by atoms with Crippen LogP contribution in [0.5, 0.6) is 0 Å². The predicted molar refractivity (Wildman–Crippen MR) is 86.2 cm³/mol. The molecule has 1 aromatic rings. The molecule has 0 spiro atoms. The molecule has 2 fully saturated rings. The van der Waals surface area contributed by atoms with Gasteiger partial charge in [-0.05, 0) is 43.2 Å². The first-order valence-electron chi connectivity index (χ1n) is 8.38. The van der Waals surface area contributed by atoms with E-state index in [9.17, 15) is 5.11 Å². The third-order valence-corrected chi connectivity index (χ3v) is 5.00. The Kier molecular flexibility index (Phi) is 4.94. The maximum Gasteiger partial charge on any atom is 0.0446 e. The van der Waals surface area contributed by atoms with Crippen LogP contribution in [0.3, 0.4) is 0 Å². The third kappa shape index (κ3) is 4.06. The number of aryl methyl sites for hydroxylation is 1. The molecule has 1 saturated heterocycles. The van der Waals surface area contributed by atoms with Gasteiger partial charge in [-0.2, -0.15) is 0 Å². The molecule has 1 N–H and O–H groups in total. The second kappa shape index (κ2) is 6.91. The Bertz CT molecular complexity index is 458. The fraction of sp³-hybridized carbons (Fsp3) is 0.667. The van der Waals surface area contributed by atoms with Gasteiger partial charge in [0, 0.05) is 45.4 Å². The van der Waals surface area contributed by atoms with Gasteiger partial charge in [0.25, 0.3) is 0 Å². The molecule has 0 aromatic heterocycles. The molecule has 1 aromatic carbocycles. The van der Waals surface area contributed by atoms with Crippen LogP contribution < -0.4 is 0 Å². The molecule has 3 nitrogen and oxygen atoms in total. The summed E-state index contributed by atoms with van der Waals surface area (Å²) in [4.78, 5) is 5.19. The van der Waals surface area contributed by atoms with Crippen LogP contribution in [-0.2, 0) is 6.54 Å². The van der Waals surface area contributed by atoms with Gasteiger partial charge in [0.2, 0.25) is 0 Å². The first-order chi connectivity index (χ1) is 10.3. The summed E-state index contributed by atoms with van der Waals surface area (Å²) in [5.74, 6) is 0.961. The lowest BCUT2D eigenvalue weighted by molar-refractivity contribution is 0.0514. The van der Waals surface area contributed by atoms with E-state index in [1.807, 2.05) is 0 Å². The topological polar surface area (TPSA) is 26.7 Å². The van der Waals surface area contributed by atoms with Crippen molar-refractivity contribution in [3.8, 4) is 0 Å². The fourth-order valence-electron chi connectivity index (χ4n) is 3.43. The highest BCUT2D eigenvalue weighted by molar-refractivity contribution is 5.25. The summed E-state index contributed by atoms with van der Waals surface area (Å²) in [6.45, 7) is 8.24. The Morgan fingerprint density at radius 2 is 2.00 bits per heavy atom. The van der Waals surface area contributed by atoms with Gasteiger partial charge in [-0.15, -0.1) is 0 Å². The van der Waals surface area contributed by atoms with E-state index in [-0.39, 0.29) is 0 Å². The van der Waals surface area contributed by atoms with E-state index >= 15 is 0 Å². The summed E-state index contributed by atoms with van der Waals surface area (Å²) in [6, 6.07) is 9.17. The molecule has 0 bridgehead atoms. The van der Waals surface area contributed by atoms with Crippen molar-refractivity contribution in [3.05, 3.63) is 35.4 Å². The van der Waals surface area contributed by atoms with Crippen LogP contribution in [0.15, 0.2) is 24.3 Å². The third-order valence-electron chi connectivity index (χ3n) is 5.00. The van der Waals surface area contributed by atoms with Gasteiger partial charge in [-0.3, -0.25) is 4.90 Å². The summed E-state index contributed by atoms with van der Waals surface area (Å²) in [5.41, 5.74) is 2.80. The summed E-state index contributed by atoms with van der Waals surface area (Å²) < 4.78 is 0. The van der Waals surface area contributed by atoms with Gasteiger partial charge in [0.1, 0.15) is 0 Å². The van der Waals surface area contributed by atoms with Crippen LogP contribution in [0.4, 0.5) is 0 Å². The van der Waals surface area contributed by atoms with Crippen LogP contribution in [0.2, 0.25) is 0 Å². The highest BCUT2D eigenvalue weighted by Gasteiger charge is 2.30. The van der Waals surface area contributed by atoms with Crippen LogP contribution in [0.1, 0.15) is 30.4 Å². The molecule has 0 radical (unpaired) electrons. The number of benzene rings is 1. The number of hydrogen-bond donors (Lipinski definition) is 1. The minimum absolute atomic E-state index is 0.298. The molecule has 1 aliphatic heterocycles. The molecule has 0 amide bonds. The standard InChI is InChI=1S/C18H28N2O/c1-15-4-2-3-5-17(15)13-20-10-9-19(12-16-6-7-16)14-18(20)8-11-21/h2-5,16,18,21H,6-14H2,1H3/t18-/m0/s1. The monoisotopic (exact) mass is 288 g/mol. The zero-order valence-electron chi connectivity index (χ0n) is 13.2. The van der Waals surface area contributed by atoms with Crippen molar-refractivity contribution >= 4 is 0 Å². The van der Waals surface area contributed by atoms with Crippen LogP contribution in [-0.4, -0.2) is 53.7 Å². The van der Waals surface area contributed by atoms with Crippen LogP contribution >= 0.6 is 0 Å². The van der Waals surface area contributed by atoms with Crippen molar-refractivity contribution in [3.63, 3.8) is 0 Å². The molecular weight excluding hydrogens is 260 g/mol. The lowest BCUT2D eigenvalue weighted by Crippen LogP contribution is -2.53. The molecule has 1 atom stereocenters. The smallest absolute Gasteiger partial charge is 0.0446 e. The second-order valence-corrected chi connectivity index (χ2v) is 6.77. The number of hydrogen-bond acceptors (Lipinski definition) is 3. The van der Waals surface area contributed by atoms with E-state index in [0.717, 1.165) is 32.0 Å². The van der Waals surface area contributed by atoms with Crippen molar-refractivity contribution in [2.24, 2.45) is 5.92 Å². The molecule has 3 heteroatoms. The number of aliphatic hydroxyl groups is 1. The fourth-order valence-corrected chi connectivity index (χ4v) is 3.43. The number of nitrogens with zero attached hydrogens (tertiary/aromatic N) is 2. The van der Waals surface area contributed by atoms with Gasteiger partial charge >= 0.3 is 0 Å². The number of aliphatic hydroxyl groups excluding tert-OH is 1. The van der Waals surface area contributed by atoms with Crippen molar-refractivity contribution in [2.75, 3.05) is 32.8 Å². The molecule has 21 heavy (non-hydrogen) atoms. The quantitative estimate of drug-likeness (QED) is 0.870. The minimum atomic E-state index is 0.298. The summed E-state index contributed by atoms with van der Waals surface area (Å²) in [6.07, 6.45) is 3.75. The van der Waals surface area contributed by atoms with E-state index in [4.69, 9.17) is 0 Å². The van der Waals surface area contributed by atoms with E-state index < -0.39 is 0 Å². The van der Waals surface area contributed by atoms with Crippen LogP contribution in [0.25, 0.3) is 0 Å². The van der Waals surface area contributed by atoms with Crippen molar-refractivity contribution in [1.82, 2.24) is 9.80 Å². The molecular formula is C18H28N2O. The molecule has 1 saturated carbocycles. The Morgan fingerprint density at radius 3 is 2.71 bits per heavy atom. The van der Waals surface area contributed by atoms with Gasteiger partial charge in [-0.25, -0.2) is 0 Å². The molecule has 3 rings (SSSR count). The molecule has 1 heterocycles. The van der Waals surface area contributed by atoms with Crippen molar-refractivity contribution in [1.29, 1.82) is 0 Å². The zero-order valence-corrected chi connectivity index (χ0v) is 13.2. The maximum absolute atomic E-state index is 9.39. The first kappa shape index (κ1) is 15.0. The SMILES string of the molecule is Cc1ccccc1CN1CCN(CC2CC2)C[C@@H]1CCO. The highest BCUT2D eigenvalue weighted by Crippen LogP contribution is 2.30. The Balaban J connectivity index is 1.61. The van der Waals surface area contributed by atoms with Crippen molar-refractivity contribution in [2.45, 2.75) is 38.8 Å². The lowest BCUT2D eigenvalue weighted by Gasteiger charge is -2.41. The summed E-state index contributed by atoms with van der Waals surface area (Å²) in [5, 5.41) is 9.39. The van der Waals surface area contributed by atoms with Gasteiger partial charge in [-0.1, -0.05) is 24.3 Å². The van der Waals surface area contributed by atoms with Gasteiger partial charge in [0.05, 0.1) is 0 Å². The van der Waals surface area contributed by atoms with Crippen LogP contribution in [0, 0.1) is 12.8 Å². The van der Waals surface area contributed by atoms with Gasteiger partial charge in [0.15, 0.2) is 0 Å². The largest absolute Gasteiger partial charge is 0.396 e. The normalized spacial score (nSPS) is 24.4. The average molecular weight is 288 g/mol. The minimum Gasteiger partial charge on any atom is -0.396 e. The summed E-state index contributed by atoms with van der Waals surface area (Å²) in [7, 11) is 0. The molecule has 0 unspecified atom stereocenters. The van der Waals surface area contributed by atoms with E-state index in [0.29, 0.717) is 12.6 Å².